The molecule has 0 aliphatic heterocycles. The van der Waals surface area contributed by atoms with Gasteiger partial charge in [0, 0.05) is 12.6 Å². The van der Waals surface area contributed by atoms with E-state index in [1.165, 1.54) is 6.07 Å². The molecule has 2 rings (SSSR count). The quantitative estimate of drug-likeness (QED) is 0.872. The predicted molar refractivity (Wildman–Crippen MR) is 75.6 cm³/mol. The van der Waals surface area contributed by atoms with Crippen LogP contribution < -0.4 is 4.72 Å². The molecule has 114 valence electrons. The summed E-state index contributed by atoms with van der Waals surface area (Å²) in [5, 5.41) is 9.00. The summed E-state index contributed by atoms with van der Waals surface area (Å²) in [4.78, 5) is 0.109. The van der Waals surface area contributed by atoms with Gasteiger partial charge in [-0.05, 0) is 23.7 Å². The molecule has 1 aliphatic carbocycles. The minimum absolute atomic E-state index is 0.109. The molecular formula is C14H23NO4S. The number of nitrogens with one attached hydrogen (secondary N) is 1. The molecule has 0 saturated heterocycles. The highest BCUT2D eigenvalue weighted by Gasteiger charge is 2.64. The van der Waals surface area contributed by atoms with Gasteiger partial charge in [-0.1, -0.05) is 27.7 Å². The van der Waals surface area contributed by atoms with Crippen molar-refractivity contribution in [1.82, 2.24) is 4.72 Å². The zero-order valence-corrected chi connectivity index (χ0v) is 13.5. The molecule has 0 radical (unpaired) electrons. The first kappa shape index (κ1) is 15.5. The van der Waals surface area contributed by atoms with Crippen LogP contribution in [0.4, 0.5) is 0 Å². The number of furan rings is 1. The van der Waals surface area contributed by atoms with Gasteiger partial charge in [0.2, 0.25) is 10.0 Å². The van der Waals surface area contributed by atoms with E-state index < -0.39 is 10.0 Å². The van der Waals surface area contributed by atoms with Gasteiger partial charge in [0.05, 0.1) is 0 Å². The fourth-order valence-corrected chi connectivity index (χ4v) is 4.23. The van der Waals surface area contributed by atoms with E-state index >= 15 is 0 Å². The fraction of sp³-hybridized carbons (Fsp3) is 0.714. The molecular weight excluding hydrogens is 278 g/mol. The van der Waals surface area contributed by atoms with Crippen molar-refractivity contribution in [2.75, 3.05) is 6.54 Å². The number of aryl methyl sites for hydroxylation is 1. The van der Waals surface area contributed by atoms with Crippen molar-refractivity contribution >= 4 is 10.0 Å². The van der Waals surface area contributed by atoms with Gasteiger partial charge >= 0.3 is 0 Å². The Balaban J connectivity index is 2.11. The lowest BCUT2D eigenvalue weighted by atomic mass is 10.0. The molecule has 1 aromatic rings. The van der Waals surface area contributed by atoms with Gasteiger partial charge in [0.15, 0.2) is 0 Å². The van der Waals surface area contributed by atoms with Crippen LogP contribution in [-0.4, -0.2) is 20.1 Å². The molecule has 20 heavy (non-hydrogen) atoms. The smallest absolute Gasteiger partial charge is 0.244 e. The Hall–Kier alpha value is -0.850. The lowest BCUT2D eigenvalue weighted by molar-refractivity contribution is 0.244. The second-order valence-electron chi connectivity index (χ2n) is 6.64. The molecule has 0 spiro atoms. The molecule has 0 atom stereocenters. The number of aliphatic hydroxyl groups is 1. The summed E-state index contributed by atoms with van der Waals surface area (Å²) in [7, 11) is -3.59. The fourth-order valence-electron chi connectivity index (χ4n) is 2.98. The maximum Gasteiger partial charge on any atom is 0.244 e. The second kappa shape index (κ2) is 4.58. The average Bonchev–Trinajstić information content (AvgIpc) is 2.64. The van der Waals surface area contributed by atoms with Gasteiger partial charge in [-0.2, -0.15) is 0 Å². The highest BCUT2D eigenvalue weighted by atomic mass is 32.2. The van der Waals surface area contributed by atoms with Crippen molar-refractivity contribution in [3.05, 3.63) is 17.6 Å². The topological polar surface area (TPSA) is 79.5 Å². The Bertz CT molecular complexity index is 599. The number of hydrogen-bond acceptors (Lipinski definition) is 4. The average molecular weight is 301 g/mol. The molecule has 2 N–H and O–H groups in total. The summed E-state index contributed by atoms with van der Waals surface area (Å²) in [6, 6.07) is 1.38. The van der Waals surface area contributed by atoms with E-state index in [9.17, 15) is 8.42 Å². The van der Waals surface area contributed by atoms with E-state index in [1.54, 1.807) is 6.92 Å². The molecule has 6 heteroatoms. The molecule has 0 amide bonds. The first-order chi connectivity index (χ1) is 9.04. The molecule has 1 saturated carbocycles. The number of hydrogen-bond donors (Lipinski definition) is 2. The molecule has 0 aromatic carbocycles. The summed E-state index contributed by atoms with van der Waals surface area (Å²) in [5.41, 5.74) is 0.272. The zero-order chi connectivity index (χ0) is 15.3. The van der Waals surface area contributed by atoms with Crippen LogP contribution in [0.3, 0.4) is 0 Å². The van der Waals surface area contributed by atoms with E-state index in [2.05, 4.69) is 32.4 Å². The van der Waals surface area contributed by atoms with Crippen molar-refractivity contribution in [1.29, 1.82) is 0 Å². The molecule has 1 aromatic heterocycles. The van der Waals surface area contributed by atoms with Crippen molar-refractivity contribution in [2.24, 2.45) is 16.7 Å². The predicted octanol–water partition coefficient (Wildman–Crippen LogP) is 2.04. The van der Waals surface area contributed by atoms with Crippen LogP contribution in [0.5, 0.6) is 0 Å². The van der Waals surface area contributed by atoms with Crippen LogP contribution in [-0.2, 0) is 16.6 Å². The largest absolute Gasteiger partial charge is 0.462 e. The molecule has 0 unspecified atom stereocenters. The lowest BCUT2D eigenvalue weighted by Crippen LogP contribution is -2.27. The minimum Gasteiger partial charge on any atom is -0.462 e. The normalized spacial score (nSPS) is 21.1. The van der Waals surface area contributed by atoms with Gasteiger partial charge in [0.25, 0.3) is 0 Å². The van der Waals surface area contributed by atoms with Crippen LogP contribution in [0.15, 0.2) is 15.4 Å². The summed E-state index contributed by atoms with van der Waals surface area (Å²) >= 11 is 0. The van der Waals surface area contributed by atoms with E-state index in [0.717, 1.165) is 0 Å². The standard InChI is InChI=1S/C14H23NO4S/c1-9-11(6-10(8-16)19-9)20(17,18)15-7-12-13(2,3)14(12,4)5/h6,12,15-16H,7-8H2,1-5H3. The third-order valence-corrected chi connectivity index (χ3v) is 6.70. The van der Waals surface area contributed by atoms with Gasteiger partial charge in [-0.3, -0.25) is 0 Å². The molecule has 0 bridgehead atoms. The Morgan fingerprint density at radius 1 is 1.30 bits per heavy atom. The van der Waals surface area contributed by atoms with E-state index in [-0.39, 0.29) is 28.1 Å². The van der Waals surface area contributed by atoms with Crippen molar-refractivity contribution in [3.8, 4) is 0 Å². The monoisotopic (exact) mass is 301 g/mol. The van der Waals surface area contributed by atoms with Gasteiger partial charge in [-0.15, -0.1) is 0 Å². The maximum atomic E-state index is 12.3. The summed E-state index contributed by atoms with van der Waals surface area (Å²) in [6.45, 7) is 10.3. The van der Waals surface area contributed by atoms with Gasteiger partial charge in [-0.25, -0.2) is 13.1 Å². The number of sulfonamides is 1. The molecule has 1 aliphatic rings. The van der Waals surface area contributed by atoms with Crippen LogP contribution in [0.25, 0.3) is 0 Å². The highest BCUT2D eigenvalue weighted by Crippen LogP contribution is 2.67. The highest BCUT2D eigenvalue weighted by molar-refractivity contribution is 7.89. The Morgan fingerprint density at radius 2 is 1.85 bits per heavy atom. The SMILES string of the molecule is Cc1oc(CO)cc1S(=O)(=O)NCC1C(C)(C)C1(C)C. The summed E-state index contributed by atoms with van der Waals surface area (Å²) in [6.07, 6.45) is 0. The Morgan fingerprint density at radius 3 is 2.25 bits per heavy atom. The molecule has 1 fully saturated rings. The van der Waals surface area contributed by atoms with E-state index in [1.807, 2.05) is 0 Å². The lowest BCUT2D eigenvalue weighted by Gasteiger charge is -2.06. The van der Waals surface area contributed by atoms with Crippen LogP contribution in [0.2, 0.25) is 0 Å². The van der Waals surface area contributed by atoms with Gasteiger partial charge in [0.1, 0.15) is 23.0 Å². The second-order valence-corrected chi connectivity index (χ2v) is 8.37. The Kier molecular flexibility index (Phi) is 3.56. The Labute approximate surface area is 120 Å². The molecule has 5 nitrogen and oxygen atoms in total. The third kappa shape index (κ3) is 2.29. The van der Waals surface area contributed by atoms with Crippen molar-refractivity contribution in [3.63, 3.8) is 0 Å². The van der Waals surface area contributed by atoms with Crippen LogP contribution in [0, 0.1) is 23.7 Å². The number of rotatable bonds is 5. The van der Waals surface area contributed by atoms with Crippen molar-refractivity contribution in [2.45, 2.75) is 46.1 Å². The maximum absolute atomic E-state index is 12.3. The molecule has 1 heterocycles. The summed E-state index contributed by atoms with van der Waals surface area (Å²) in [5.74, 6) is 0.875. The first-order valence-electron chi connectivity index (χ1n) is 6.74. The third-order valence-electron chi connectivity index (χ3n) is 5.17. The van der Waals surface area contributed by atoms with Gasteiger partial charge < -0.3 is 9.52 Å². The van der Waals surface area contributed by atoms with E-state index in [4.69, 9.17) is 9.52 Å². The van der Waals surface area contributed by atoms with Crippen LogP contribution >= 0.6 is 0 Å². The van der Waals surface area contributed by atoms with E-state index in [0.29, 0.717) is 18.2 Å². The number of aliphatic hydroxyl groups excluding tert-OH is 1. The zero-order valence-electron chi connectivity index (χ0n) is 12.6. The first-order valence-corrected chi connectivity index (χ1v) is 8.22. The summed E-state index contributed by atoms with van der Waals surface area (Å²) < 4.78 is 32.4. The minimum atomic E-state index is -3.59. The van der Waals surface area contributed by atoms with Crippen molar-refractivity contribution < 1.29 is 17.9 Å². The van der Waals surface area contributed by atoms with Crippen LogP contribution in [0.1, 0.15) is 39.2 Å².